The average Bonchev–Trinajstić information content (AvgIpc) is 3.24. The topological polar surface area (TPSA) is 46.6 Å². The van der Waals surface area contributed by atoms with E-state index in [2.05, 4.69) is 26.0 Å². The van der Waals surface area contributed by atoms with E-state index in [1.54, 1.807) is 6.92 Å². The van der Waals surface area contributed by atoms with Gasteiger partial charge in [-0.1, -0.05) is 74.1 Å². The molecule has 0 atom stereocenters. The van der Waals surface area contributed by atoms with Crippen molar-refractivity contribution >= 4 is 63.7 Å². The first-order valence-electron chi connectivity index (χ1n) is 11.6. The van der Waals surface area contributed by atoms with E-state index in [0.717, 1.165) is 57.2 Å². The minimum atomic E-state index is -0.662. The number of amides is 1. The Hall–Kier alpha value is -1.57. The fourth-order valence-electron chi connectivity index (χ4n) is 4.40. The van der Waals surface area contributed by atoms with Crippen molar-refractivity contribution in [2.24, 2.45) is 5.92 Å². The predicted molar refractivity (Wildman–Crippen MR) is 145 cm³/mol. The number of carbonyl (C=O) groups is 2. The van der Waals surface area contributed by atoms with E-state index in [1.807, 2.05) is 37.1 Å². The number of nitrogens with zero attached hydrogens (tertiary/aromatic N) is 1. The average molecular weight is 504 g/mol. The van der Waals surface area contributed by atoms with Crippen molar-refractivity contribution in [3.8, 4) is 0 Å². The number of rotatable bonds is 7. The number of benzene rings is 1. The van der Waals surface area contributed by atoms with Gasteiger partial charge in [0.25, 0.3) is 0 Å². The summed E-state index contributed by atoms with van der Waals surface area (Å²) in [4.78, 5) is 29.4. The van der Waals surface area contributed by atoms with Crippen LogP contribution in [0.5, 0.6) is 0 Å². The highest BCUT2D eigenvalue weighted by atomic mass is 32.2. The number of esters is 1. The second kappa shape index (κ2) is 10.8. The predicted octanol–water partition coefficient (Wildman–Crippen LogP) is 7.26. The molecule has 0 aromatic heterocycles. The summed E-state index contributed by atoms with van der Waals surface area (Å²) in [6, 6.07) is 6.21. The van der Waals surface area contributed by atoms with Crippen molar-refractivity contribution in [1.29, 1.82) is 0 Å². The third kappa shape index (κ3) is 5.10. The Labute approximate surface area is 211 Å². The van der Waals surface area contributed by atoms with Gasteiger partial charge in [-0.25, -0.2) is 4.79 Å². The molecule has 0 unspecified atom stereocenters. The van der Waals surface area contributed by atoms with Gasteiger partial charge in [0, 0.05) is 17.1 Å². The summed E-state index contributed by atoms with van der Waals surface area (Å²) in [5.74, 6) is -0.176. The van der Waals surface area contributed by atoms with Crippen molar-refractivity contribution in [2.75, 3.05) is 11.5 Å². The molecule has 178 valence electrons. The molecule has 0 saturated carbocycles. The molecule has 0 fully saturated rings. The van der Waals surface area contributed by atoms with Gasteiger partial charge in [-0.3, -0.25) is 4.79 Å². The van der Waals surface area contributed by atoms with Gasteiger partial charge in [-0.2, -0.15) is 0 Å². The molecular formula is C26H33NO3S3. The Morgan fingerprint density at radius 3 is 2.42 bits per heavy atom. The van der Waals surface area contributed by atoms with Crippen LogP contribution in [-0.2, 0) is 14.3 Å². The van der Waals surface area contributed by atoms with Gasteiger partial charge < -0.3 is 9.64 Å². The molecule has 33 heavy (non-hydrogen) atoms. The maximum absolute atomic E-state index is 13.9. The molecule has 0 N–H and O–H groups in total. The molecular weight excluding hydrogens is 470 g/mol. The highest BCUT2D eigenvalue weighted by Crippen LogP contribution is 2.53. The van der Waals surface area contributed by atoms with Gasteiger partial charge in [0.15, 0.2) is 0 Å². The summed E-state index contributed by atoms with van der Waals surface area (Å²) >= 11 is 8.98. The highest BCUT2D eigenvalue weighted by molar-refractivity contribution is 8.28. The number of aryl methyl sites for hydroxylation is 1. The summed E-state index contributed by atoms with van der Waals surface area (Å²) < 4.78 is 6.16. The minimum absolute atomic E-state index is 0.0160. The monoisotopic (exact) mass is 503 g/mol. The van der Waals surface area contributed by atoms with E-state index >= 15 is 0 Å². The van der Waals surface area contributed by atoms with E-state index in [4.69, 9.17) is 17.0 Å². The molecule has 2 aliphatic rings. The Kier molecular flexibility index (Phi) is 8.51. The third-order valence-electron chi connectivity index (χ3n) is 6.00. The lowest BCUT2D eigenvalue weighted by Crippen LogP contribution is -2.57. The van der Waals surface area contributed by atoms with Crippen molar-refractivity contribution in [2.45, 2.75) is 72.8 Å². The molecule has 1 amide bonds. The summed E-state index contributed by atoms with van der Waals surface area (Å²) in [5.41, 5.74) is 3.25. The fourth-order valence-corrected chi connectivity index (χ4v) is 7.07. The Morgan fingerprint density at radius 1 is 1.15 bits per heavy atom. The van der Waals surface area contributed by atoms with Crippen LogP contribution in [0, 0.1) is 12.8 Å². The van der Waals surface area contributed by atoms with Gasteiger partial charge in [0.05, 0.1) is 26.9 Å². The van der Waals surface area contributed by atoms with Gasteiger partial charge >= 0.3 is 5.97 Å². The SMILES string of the molecule is CCCC(CCC)C(=O)N1c2ccc(C)cc2/C(=C2\SC=C(C(=O)OCC)S2)C(=S)C1(C)C. The van der Waals surface area contributed by atoms with E-state index < -0.39 is 5.54 Å². The summed E-state index contributed by atoms with van der Waals surface area (Å²) in [7, 11) is 0. The molecule has 0 aliphatic carbocycles. The van der Waals surface area contributed by atoms with Gasteiger partial charge in [-0.05, 0) is 58.1 Å². The first kappa shape index (κ1) is 26.0. The zero-order valence-electron chi connectivity index (χ0n) is 20.3. The van der Waals surface area contributed by atoms with Crippen molar-refractivity contribution in [3.63, 3.8) is 0 Å². The number of hydrogen-bond acceptors (Lipinski definition) is 6. The quantitative estimate of drug-likeness (QED) is 0.222. The molecule has 0 bridgehead atoms. The number of carbonyl (C=O) groups excluding carboxylic acids is 2. The van der Waals surface area contributed by atoms with E-state index in [-0.39, 0.29) is 17.8 Å². The first-order valence-corrected chi connectivity index (χ1v) is 13.7. The van der Waals surface area contributed by atoms with Crippen LogP contribution in [0.2, 0.25) is 0 Å². The van der Waals surface area contributed by atoms with Crippen LogP contribution in [0.4, 0.5) is 5.69 Å². The second-order valence-corrected chi connectivity index (χ2v) is 11.5. The van der Waals surface area contributed by atoms with E-state index in [9.17, 15) is 9.59 Å². The zero-order valence-corrected chi connectivity index (χ0v) is 22.8. The Morgan fingerprint density at radius 2 is 1.82 bits per heavy atom. The lowest BCUT2D eigenvalue weighted by molar-refractivity contribution is -0.137. The van der Waals surface area contributed by atoms with Crippen molar-refractivity contribution < 1.29 is 14.3 Å². The minimum Gasteiger partial charge on any atom is -0.462 e. The maximum Gasteiger partial charge on any atom is 0.345 e. The number of hydrogen-bond donors (Lipinski definition) is 0. The smallest absolute Gasteiger partial charge is 0.345 e. The number of ether oxygens (including phenoxy) is 1. The molecule has 2 aliphatic heterocycles. The van der Waals surface area contributed by atoms with Gasteiger partial charge in [0.1, 0.15) is 4.91 Å². The fraction of sp³-hybridized carbons (Fsp3) is 0.500. The summed E-state index contributed by atoms with van der Waals surface area (Å²) in [6.07, 6.45) is 3.70. The first-order chi connectivity index (χ1) is 15.7. The molecule has 3 rings (SSSR count). The number of anilines is 1. The van der Waals surface area contributed by atoms with Gasteiger partial charge in [0.2, 0.25) is 5.91 Å². The second-order valence-electron chi connectivity index (χ2n) is 8.94. The van der Waals surface area contributed by atoms with Crippen LogP contribution in [0.1, 0.15) is 71.4 Å². The zero-order chi connectivity index (χ0) is 24.3. The molecule has 2 heterocycles. The van der Waals surface area contributed by atoms with E-state index in [1.165, 1.54) is 23.5 Å². The summed E-state index contributed by atoms with van der Waals surface area (Å²) in [6.45, 7) is 12.5. The van der Waals surface area contributed by atoms with Crippen LogP contribution >= 0.6 is 35.7 Å². The van der Waals surface area contributed by atoms with Crippen LogP contribution in [-0.4, -0.2) is 28.9 Å². The molecule has 1 aromatic rings. The lowest BCUT2D eigenvalue weighted by Gasteiger charge is -2.46. The van der Waals surface area contributed by atoms with E-state index in [0.29, 0.717) is 11.5 Å². The Bertz CT molecular complexity index is 1020. The number of thioether (sulfide) groups is 2. The highest BCUT2D eigenvalue weighted by Gasteiger charge is 2.46. The standard InChI is InChI=1S/C26H33NO3S3/c1-7-10-17(11-8-2)23(28)27-19-13-12-16(4)14-18(19)21(22(31)26(27,5)6)25-32-15-20(33-25)24(29)30-9-3/h12-15,17H,7-11H2,1-6H3/b25-21-. The molecule has 7 heteroatoms. The van der Waals surface area contributed by atoms with Crippen molar-refractivity contribution in [1.82, 2.24) is 0 Å². The van der Waals surface area contributed by atoms with Crippen LogP contribution in [0.25, 0.3) is 5.57 Å². The maximum atomic E-state index is 13.9. The lowest BCUT2D eigenvalue weighted by atomic mass is 9.81. The van der Waals surface area contributed by atoms with Crippen LogP contribution in [0.15, 0.2) is 32.7 Å². The molecule has 0 radical (unpaired) electrons. The largest absolute Gasteiger partial charge is 0.462 e. The molecule has 1 aromatic carbocycles. The molecule has 0 saturated heterocycles. The van der Waals surface area contributed by atoms with Gasteiger partial charge in [-0.15, -0.1) is 0 Å². The van der Waals surface area contributed by atoms with Crippen molar-refractivity contribution in [3.05, 3.63) is 43.9 Å². The molecule has 4 nitrogen and oxygen atoms in total. The van der Waals surface area contributed by atoms with Crippen LogP contribution < -0.4 is 4.90 Å². The summed E-state index contributed by atoms with van der Waals surface area (Å²) in [5, 5.41) is 1.84. The third-order valence-corrected chi connectivity index (χ3v) is 9.06. The van der Waals surface area contributed by atoms with Crippen LogP contribution in [0.3, 0.4) is 0 Å². The number of thiocarbonyl (C=S) groups is 1. The number of fused-ring (bicyclic) bond motifs is 1. The molecule has 0 spiro atoms. The Balaban J connectivity index is 2.12. The normalized spacial score (nSPS) is 19.5.